The second-order valence-corrected chi connectivity index (χ2v) is 6.56. The molecule has 6 heteroatoms. The van der Waals surface area contributed by atoms with Crippen LogP contribution in [0.3, 0.4) is 0 Å². The summed E-state index contributed by atoms with van der Waals surface area (Å²) in [4.78, 5) is 16.4. The van der Waals surface area contributed by atoms with E-state index in [9.17, 15) is 4.79 Å². The first-order valence-electron chi connectivity index (χ1n) is 7.78. The summed E-state index contributed by atoms with van der Waals surface area (Å²) in [6.45, 7) is 6.08. The third-order valence-corrected chi connectivity index (χ3v) is 4.21. The first-order valence-corrected chi connectivity index (χ1v) is 8.54. The minimum Gasteiger partial charge on any atom is -0.489 e. The number of nitrogens with zero attached hydrogens (tertiary/aromatic N) is 1. The molecule has 0 spiro atoms. The Balaban J connectivity index is 1.91. The second kappa shape index (κ2) is 7.77. The van der Waals surface area contributed by atoms with Gasteiger partial charge in [0.05, 0.1) is 10.0 Å². The average molecular weight is 388 g/mol. The number of esters is 1. The fourth-order valence-electron chi connectivity index (χ4n) is 2.24. The number of rotatable bonds is 5. The first-order chi connectivity index (χ1) is 12.4. The summed E-state index contributed by atoms with van der Waals surface area (Å²) >= 11 is 11.9. The van der Waals surface area contributed by atoms with Crippen LogP contribution in [-0.4, -0.2) is 18.5 Å². The smallest absolute Gasteiger partial charge is 0.363 e. The lowest BCUT2D eigenvalue weighted by atomic mass is 10.1. The molecule has 0 aromatic heterocycles. The lowest BCUT2D eigenvalue weighted by Crippen LogP contribution is -2.05. The van der Waals surface area contributed by atoms with Gasteiger partial charge in [-0.3, -0.25) is 0 Å². The van der Waals surface area contributed by atoms with Crippen LogP contribution in [0.4, 0.5) is 0 Å². The molecule has 1 aliphatic rings. The lowest BCUT2D eigenvalue weighted by Gasteiger charge is -2.08. The molecule has 0 N–H and O–H groups in total. The fourth-order valence-corrected chi connectivity index (χ4v) is 2.54. The first kappa shape index (κ1) is 18.2. The van der Waals surface area contributed by atoms with Gasteiger partial charge in [-0.15, -0.1) is 0 Å². The minimum atomic E-state index is -0.541. The molecule has 132 valence electrons. The van der Waals surface area contributed by atoms with Crippen molar-refractivity contribution in [3.8, 4) is 5.75 Å². The van der Waals surface area contributed by atoms with Crippen LogP contribution < -0.4 is 4.74 Å². The maximum Gasteiger partial charge on any atom is 0.363 e. The molecule has 1 heterocycles. The van der Waals surface area contributed by atoms with E-state index in [1.165, 1.54) is 0 Å². The Morgan fingerprint density at radius 1 is 1.23 bits per heavy atom. The molecular formula is C20H15Cl2NO3. The van der Waals surface area contributed by atoms with Crippen molar-refractivity contribution < 1.29 is 14.3 Å². The highest BCUT2D eigenvalue weighted by Gasteiger charge is 2.25. The van der Waals surface area contributed by atoms with Crippen molar-refractivity contribution in [3.63, 3.8) is 0 Å². The van der Waals surface area contributed by atoms with E-state index < -0.39 is 5.97 Å². The fraction of sp³-hybridized carbons (Fsp3) is 0.100. The van der Waals surface area contributed by atoms with Crippen LogP contribution in [0.5, 0.6) is 5.75 Å². The normalized spacial score (nSPS) is 15.0. The number of carbonyl (C=O) groups is 1. The Labute approximate surface area is 161 Å². The summed E-state index contributed by atoms with van der Waals surface area (Å²) in [6.07, 6.45) is 1.63. The average Bonchev–Trinajstić information content (AvgIpc) is 2.97. The molecule has 1 aliphatic heterocycles. The molecule has 2 aromatic carbocycles. The SMILES string of the molecule is C=C(C)COc1ccccc1/C=C1/N=C(c2ccc(Cl)c(Cl)c2)OC1=O. The van der Waals surface area contributed by atoms with Gasteiger partial charge in [-0.1, -0.05) is 48.0 Å². The largest absolute Gasteiger partial charge is 0.489 e. The van der Waals surface area contributed by atoms with Gasteiger partial charge in [0.15, 0.2) is 5.70 Å². The molecule has 0 aliphatic carbocycles. The summed E-state index contributed by atoms with van der Waals surface area (Å²) in [7, 11) is 0. The van der Waals surface area contributed by atoms with Gasteiger partial charge in [0.2, 0.25) is 5.90 Å². The third kappa shape index (κ3) is 4.15. The number of hydrogen-bond acceptors (Lipinski definition) is 4. The molecule has 0 unspecified atom stereocenters. The Morgan fingerprint density at radius 2 is 2.00 bits per heavy atom. The predicted octanol–water partition coefficient (Wildman–Crippen LogP) is 5.29. The van der Waals surface area contributed by atoms with Gasteiger partial charge in [0.25, 0.3) is 0 Å². The maximum absolute atomic E-state index is 12.2. The summed E-state index contributed by atoms with van der Waals surface area (Å²) < 4.78 is 11.0. The van der Waals surface area contributed by atoms with E-state index >= 15 is 0 Å². The third-order valence-electron chi connectivity index (χ3n) is 3.47. The molecule has 0 amide bonds. The summed E-state index contributed by atoms with van der Waals surface area (Å²) in [5.41, 5.74) is 2.37. The standard InChI is InChI=1S/C20H15Cl2NO3/c1-12(2)11-25-18-6-4-3-5-13(18)10-17-20(24)26-19(23-17)14-7-8-15(21)16(22)9-14/h3-10H,1,11H2,2H3/b17-10+. The zero-order valence-corrected chi connectivity index (χ0v) is 15.5. The Kier molecular flexibility index (Phi) is 5.45. The van der Waals surface area contributed by atoms with Gasteiger partial charge in [0.1, 0.15) is 12.4 Å². The van der Waals surface area contributed by atoms with Crippen LogP contribution in [0.1, 0.15) is 18.1 Å². The number of para-hydroxylation sites is 1. The highest BCUT2D eigenvalue weighted by atomic mass is 35.5. The topological polar surface area (TPSA) is 47.9 Å². The van der Waals surface area contributed by atoms with Crippen molar-refractivity contribution in [2.75, 3.05) is 6.61 Å². The Morgan fingerprint density at radius 3 is 2.73 bits per heavy atom. The van der Waals surface area contributed by atoms with Crippen LogP contribution in [0.2, 0.25) is 10.0 Å². The number of halogens is 2. The number of carbonyl (C=O) groups excluding carboxylic acids is 1. The van der Waals surface area contributed by atoms with E-state index in [2.05, 4.69) is 11.6 Å². The van der Waals surface area contributed by atoms with Crippen molar-refractivity contribution >= 4 is 41.1 Å². The van der Waals surface area contributed by atoms with Crippen LogP contribution in [-0.2, 0) is 9.53 Å². The van der Waals surface area contributed by atoms with Gasteiger partial charge >= 0.3 is 5.97 Å². The molecule has 0 radical (unpaired) electrons. The highest BCUT2D eigenvalue weighted by Crippen LogP contribution is 2.27. The van der Waals surface area contributed by atoms with E-state index in [0.717, 1.165) is 11.1 Å². The second-order valence-electron chi connectivity index (χ2n) is 5.75. The van der Waals surface area contributed by atoms with Gasteiger partial charge in [-0.05, 0) is 42.8 Å². The molecule has 0 saturated heterocycles. The molecule has 3 rings (SSSR count). The lowest BCUT2D eigenvalue weighted by molar-refractivity contribution is -0.129. The number of ether oxygens (including phenoxy) is 2. The van der Waals surface area contributed by atoms with Gasteiger partial charge in [-0.2, -0.15) is 0 Å². The number of cyclic esters (lactones) is 1. The molecular weight excluding hydrogens is 373 g/mol. The minimum absolute atomic E-state index is 0.178. The zero-order chi connectivity index (χ0) is 18.7. The maximum atomic E-state index is 12.2. The van der Waals surface area contributed by atoms with Crippen molar-refractivity contribution in [2.45, 2.75) is 6.92 Å². The summed E-state index contributed by atoms with van der Waals surface area (Å²) in [5.74, 6) is 0.273. The number of benzene rings is 2. The molecule has 0 fully saturated rings. The van der Waals surface area contributed by atoms with Crippen LogP contribution in [0.15, 0.2) is 65.3 Å². The predicted molar refractivity (Wildman–Crippen MR) is 104 cm³/mol. The molecule has 4 nitrogen and oxygen atoms in total. The summed E-state index contributed by atoms with van der Waals surface area (Å²) in [6, 6.07) is 12.3. The highest BCUT2D eigenvalue weighted by molar-refractivity contribution is 6.42. The van der Waals surface area contributed by atoms with Gasteiger partial charge in [0, 0.05) is 11.1 Å². The van der Waals surface area contributed by atoms with Crippen molar-refractivity contribution in [1.29, 1.82) is 0 Å². The van der Waals surface area contributed by atoms with Crippen LogP contribution >= 0.6 is 23.2 Å². The number of hydrogen-bond donors (Lipinski definition) is 0. The Bertz CT molecular complexity index is 948. The van der Waals surface area contributed by atoms with E-state index in [1.807, 2.05) is 31.2 Å². The van der Waals surface area contributed by atoms with Crippen molar-refractivity contribution in [1.82, 2.24) is 0 Å². The van der Waals surface area contributed by atoms with Gasteiger partial charge in [-0.25, -0.2) is 9.79 Å². The van der Waals surface area contributed by atoms with Crippen LogP contribution in [0.25, 0.3) is 6.08 Å². The number of aliphatic imine (C=N–C) groups is 1. The molecule has 2 aromatic rings. The molecule has 0 bridgehead atoms. The molecule has 0 atom stereocenters. The van der Waals surface area contributed by atoms with Crippen molar-refractivity contribution in [3.05, 3.63) is 81.5 Å². The van der Waals surface area contributed by atoms with E-state index in [-0.39, 0.29) is 11.6 Å². The van der Waals surface area contributed by atoms with E-state index in [4.69, 9.17) is 32.7 Å². The van der Waals surface area contributed by atoms with E-state index in [1.54, 1.807) is 24.3 Å². The zero-order valence-electron chi connectivity index (χ0n) is 14.0. The summed E-state index contributed by atoms with van der Waals surface area (Å²) in [5, 5.41) is 0.776. The monoisotopic (exact) mass is 387 g/mol. The Hall–Kier alpha value is -2.56. The van der Waals surface area contributed by atoms with Crippen LogP contribution in [0, 0.1) is 0 Å². The van der Waals surface area contributed by atoms with Crippen molar-refractivity contribution in [2.24, 2.45) is 4.99 Å². The van der Waals surface area contributed by atoms with E-state index in [0.29, 0.717) is 28.0 Å². The quantitative estimate of drug-likeness (QED) is 0.397. The molecule has 26 heavy (non-hydrogen) atoms. The van der Waals surface area contributed by atoms with Gasteiger partial charge < -0.3 is 9.47 Å². The molecule has 0 saturated carbocycles.